The molecule has 0 radical (unpaired) electrons. The first kappa shape index (κ1) is 35.7. The smallest absolute Gasteiger partial charge is 0.364 e. The van der Waals surface area contributed by atoms with E-state index in [4.69, 9.17) is 0 Å². The fraction of sp³-hybridized carbons (Fsp3) is 0.350. The molecule has 6 rings (SSSR count). The van der Waals surface area contributed by atoms with Crippen molar-refractivity contribution in [3.63, 3.8) is 0 Å². The molecule has 0 bridgehead atoms. The number of alkyl halides is 3. The van der Waals surface area contributed by atoms with E-state index in [-0.39, 0.29) is 35.3 Å². The number of hydrogen-bond acceptors (Lipinski definition) is 6. The van der Waals surface area contributed by atoms with Crippen molar-refractivity contribution in [3.05, 3.63) is 124 Å². The minimum atomic E-state index is -4.56. The quantitative estimate of drug-likeness (QED) is 0.154. The van der Waals surface area contributed by atoms with Crippen LogP contribution < -0.4 is 16.0 Å². The summed E-state index contributed by atoms with van der Waals surface area (Å²) in [5.41, 5.74) is 2.58. The lowest BCUT2D eigenvalue weighted by Crippen LogP contribution is -2.39. The molecule has 1 saturated heterocycles. The largest absolute Gasteiger partial charge is 0.416 e. The zero-order valence-corrected chi connectivity index (χ0v) is 28.8. The maximum absolute atomic E-state index is 14.3. The van der Waals surface area contributed by atoms with E-state index in [1.807, 2.05) is 30.2 Å². The summed E-state index contributed by atoms with van der Waals surface area (Å²) in [5.74, 6) is 6.02. The zero-order chi connectivity index (χ0) is 36.0. The molecule has 3 aromatic rings. The molecule has 1 amide bonds. The number of fused-ring (bicyclic) bond motifs is 1. The highest BCUT2D eigenvalue weighted by Crippen LogP contribution is 2.35. The number of likely N-dealkylation sites (tertiary alicyclic amines) is 1. The number of unbranched alkanes of at least 4 members (excludes halogenated alkanes) is 1. The summed E-state index contributed by atoms with van der Waals surface area (Å²) in [6.07, 6.45) is 10.5. The lowest BCUT2D eigenvalue weighted by atomic mass is 9.95. The third-order valence-corrected chi connectivity index (χ3v) is 9.57. The van der Waals surface area contributed by atoms with Crippen molar-refractivity contribution in [2.24, 2.45) is 5.92 Å². The molecule has 3 N–H and O–H groups in total. The summed E-state index contributed by atoms with van der Waals surface area (Å²) in [5, 5.41) is 8.94. The Kier molecular flexibility index (Phi) is 11.1. The molecule has 2 aromatic carbocycles. The van der Waals surface area contributed by atoms with Crippen molar-refractivity contribution in [2.75, 3.05) is 23.7 Å². The van der Waals surface area contributed by atoms with Gasteiger partial charge in [0.2, 0.25) is 0 Å². The van der Waals surface area contributed by atoms with Crippen molar-refractivity contribution >= 4 is 17.4 Å². The number of anilines is 2. The van der Waals surface area contributed by atoms with E-state index in [2.05, 4.69) is 44.6 Å². The van der Waals surface area contributed by atoms with Crippen LogP contribution in [-0.2, 0) is 12.7 Å². The van der Waals surface area contributed by atoms with E-state index >= 15 is 0 Å². The van der Waals surface area contributed by atoms with Gasteiger partial charge in [0.15, 0.2) is 11.6 Å². The molecule has 0 saturated carbocycles. The lowest BCUT2D eigenvalue weighted by molar-refractivity contribution is -0.138. The second kappa shape index (κ2) is 15.9. The Hall–Kier alpha value is -5.08. The van der Waals surface area contributed by atoms with Gasteiger partial charge < -0.3 is 20.9 Å². The SMILES string of the molecule is CCCCC1CCCN(Cc2ccc(NC(=O)c3ccc(C)c(C#CC4=CNC5C(Nc6ncccc6F)=CC=CN45)c3)cc2C(F)(F)F)CC1. The maximum atomic E-state index is 14.3. The number of hydrogen-bond donors (Lipinski definition) is 3. The Labute approximate surface area is 296 Å². The van der Waals surface area contributed by atoms with Crippen LogP contribution >= 0.6 is 0 Å². The van der Waals surface area contributed by atoms with E-state index in [0.717, 1.165) is 50.4 Å². The van der Waals surface area contributed by atoms with E-state index in [0.29, 0.717) is 22.9 Å². The molecule has 1 fully saturated rings. The highest BCUT2D eigenvalue weighted by molar-refractivity contribution is 6.04. The van der Waals surface area contributed by atoms with E-state index in [9.17, 15) is 22.4 Å². The molecule has 1 aromatic heterocycles. The molecule has 4 heterocycles. The normalized spacial score (nSPS) is 18.8. The monoisotopic (exact) mass is 698 g/mol. The fourth-order valence-corrected chi connectivity index (χ4v) is 6.71. The zero-order valence-electron chi connectivity index (χ0n) is 28.8. The van der Waals surface area contributed by atoms with Crippen molar-refractivity contribution in [3.8, 4) is 11.8 Å². The van der Waals surface area contributed by atoms with E-state index in [1.165, 1.54) is 37.2 Å². The van der Waals surface area contributed by atoms with Crippen LogP contribution in [0.1, 0.15) is 78.1 Å². The molecule has 3 aliphatic rings. The molecule has 0 aliphatic carbocycles. The van der Waals surface area contributed by atoms with Gasteiger partial charge >= 0.3 is 6.18 Å². The first-order valence-corrected chi connectivity index (χ1v) is 17.5. The van der Waals surface area contributed by atoms with Crippen molar-refractivity contribution in [2.45, 2.75) is 71.3 Å². The van der Waals surface area contributed by atoms with Gasteiger partial charge in [0, 0.05) is 42.0 Å². The van der Waals surface area contributed by atoms with Crippen molar-refractivity contribution < 1.29 is 22.4 Å². The molecule has 2 unspecified atom stereocenters. The Balaban J connectivity index is 1.12. The topological polar surface area (TPSA) is 72.5 Å². The van der Waals surface area contributed by atoms with Crippen LogP contribution in [0.5, 0.6) is 0 Å². The van der Waals surface area contributed by atoms with Gasteiger partial charge in [0.25, 0.3) is 5.91 Å². The van der Waals surface area contributed by atoms with Crippen LogP contribution in [0.4, 0.5) is 29.1 Å². The van der Waals surface area contributed by atoms with Gasteiger partial charge in [-0.25, -0.2) is 9.37 Å². The lowest BCUT2D eigenvalue weighted by Gasteiger charge is -2.29. The summed E-state index contributed by atoms with van der Waals surface area (Å²) in [6, 6.07) is 11.9. The third kappa shape index (κ3) is 8.81. The molecular weight excluding hydrogens is 656 g/mol. The molecule has 3 aliphatic heterocycles. The predicted octanol–water partition coefficient (Wildman–Crippen LogP) is 8.54. The van der Waals surface area contributed by atoms with Crippen LogP contribution in [0.2, 0.25) is 0 Å². The van der Waals surface area contributed by atoms with Gasteiger partial charge in [-0.3, -0.25) is 9.69 Å². The van der Waals surface area contributed by atoms with Gasteiger partial charge in [-0.2, -0.15) is 13.2 Å². The molecule has 11 heteroatoms. The molecule has 7 nitrogen and oxygen atoms in total. The second-order valence-corrected chi connectivity index (χ2v) is 13.2. The summed E-state index contributed by atoms with van der Waals surface area (Å²) in [4.78, 5) is 21.4. The Morgan fingerprint density at radius 3 is 2.76 bits per heavy atom. The number of amides is 1. The molecule has 2 atom stereocenters. The van der Waals surface area contributed by atoms with Gasteiger partial charge in [-0.1, -0.05) is 44.2 Å². The Morgan fingerprint density at radius 2 is 1.96 bits per heavy atom. The van der Waals surface area contributed by atoms with Gasteiger partial charge in [-0.15, -0.1) is 0 Å². The Morgan fingerprint density at radius 1 is 1.10 bits per heavy atom. The van der Waals surface area contributed by atoms with Crippen LogP contribution in [0.3, 0.4) is 0 Å². The molecule has 0 spiro atoms. The van der Waals surface area contributed by atoms with Crippen molar-refractivity contribution in [1.29, 1.82) is 0 Å². The van der Waals surface area contributed by atoms with E-state index in [1.54, 1.807) is 30.5 Å². The predicted molar refractivity (Wildman–Crippen MR) is 191 cm³/mol. The third-order valence-electron chi connectivity index (χ3n) is 9.57. The van der Waals surface area contributed by atoms with Crippen LogP contribution in [0.15, 0.2) is 90.7 Å². The number of rotatable bonds is 9. The number of aryl methyl sites for hydroxylation is 1. The number of carbonyl (C=O) groups excluding carboxylic acids is 1. The fourth-order valence-electron chi connectivity index (χ4n) is 6.71. The highest BCUT2D eigenvalue weighted by Gasteiger charge is 2.34. The van der Waals surface area contributed by atoms with Gasteiger partial charge in [0.1, 0.15) is 11.9 Å². The summed E-state index contributed by atoms with van der Waals surface area (Å²) in [6.45, 7) is 5.84. The first-order valence-electron chi connectivity index (χ1n) is 17.5. The average Bonchev–Trinajstić information content (AvgIpc) is 3.40. The standard InChI is InChI=1S/C40H42F4N6O/c1-3-4-8-28-9-6-20-49(22-18-28)26-31-14-16-32(24-34(31)40(42,43)44)47-39(51)30-13-12-27(2)29(23-30)15-17-33-25-46-38-36(11-7-21-50(33)38)48-37-35(41)10-5-19-45-37/h5,7,10-14,16,19,21,23-25,28,38,46H,3-4,6,8-9,18,20,22,26H2,1-2H3,(H,45,48)(H,47,51). The summed E-state index contributed by atoms with van der Waals surface area (Å²) < 4.78 is 57.1. The van der Waals surface area contributed by atoms with Crippen LogP contribution in [-0.4, -0.2) is 39.9 Å². The second-order valence-electron chi connectivity index (χ2n) is 13.2. The number of allylic oxidation sites excluding steroid dienone is 3. The minimum absolute atomic E-state index is 0.0768. The Bertz CT molecular complexity index is 1910. The van der Waals surface area contributed by atoms with Gasteiger partial charge in [-0.05, 0) is 111 Å². The first-order chi connectivity index (χ1) is 24.6. The summed E-state index contributed by atoms with van der Waals surface area (Å²) >= 11 is 0. The van der Waals surface area contributed by atoms with E-state index < -0.39 is 23.5 Å². The number of pyridine rings is 1. The number of halogens is 4. The highest BCUT2D eigenvalue weighted by atomic mass is 19.4. The number of benzene rings is 2. The average molecular weight is 699 g/mol. The minimum Gasteiger partial charge on any atom is -0.364 e. The number of aromatic nitrogens is 1. The van der Waals surface area contributed by atoms with Crippen LogP contribution in [0, 0.1) is 30.5 Å². The molecule has 51 heavy (non-hydrogen) atoms. The van der Waals surface area contributed by atoms with Crippen molar-refractivity contribution in [1.82, 2.24) is 20.1 Å². The van der Waals surface area contributed by atoms with Crippen LogP contribution in [0.25, 0.3) is 0 Å². The number of carbonyl (C=O) groups is 1. The maximum Gasteiger partial charge on any atom is 0.416 e. The molecular formula is C40H42F4N6O. The number of nitrogens with zero attached hydrogens (tertiary/aromatic N) is 3. The number of nitrogens with one attached hydrogen (secondary N) is 3. The molecule has 266 valence electrons. The van der Waals surface area contributed by atoms with Gasteiger partial charge in [0.05, 0.1) is 11.3 Å². The summed E-state index contributed by atoms with van der Waals surface area (Å²) in [7, 11) is 0.